The normalized spacial score (nSPS) is 16.5. The van der Waals surface area contributed by atoms with E-state index in [1.165, 1.54) is 10.8 Å². The number of amides is 1. The summed E-state index contributed by atoms with van der Waals surface area (Å²) in [6, 6.07) is 13.0. The molecule has 2 aromatic carbocycles. The summed E-state index contributed by atoms with van der Waals surface area (Å²) in [5.74, 6) is -0.236. The van der Waals surface area contributed by atoms with Gasteiger partial charge in [0.05, 0.1) is 20.8 Å². The number of carbonyl (C=O) groups is 1. The molecule has 0 radical (unpaired) electrons. The predicted octanol–water partition coefficient (Wildman–Crippen LogP) is 3.95. The van der Waals surface area contributed by atoms with Crippen LogP contribution in [-0.4, -0.2) is 30.5 Å². The standard InChI is InChI=1S/C22H24FN3OS/c23-18-8-7-15(12-16-9-11-24-14-16)13-17(18)22(27)25-10-3-6-21-26-19-4-1-2-5-20(19)28-21/h1-2,4-5,7-8,13,16,24H,3,6,9-12,14H2,(H,25,27). The number of carbonyl (C=O) groups excluding carboxylic acids is 1. The Morgan fingerprint density at radius 2 is 2.18 bits per heavy atom. The summed E-state index contributed by atoms with van der Waals surface area (Å²) < 4.78 is 15.3. The minimum Gasteiger partial charge on any atom is -0.352 e. The fourth-order valence-electron chi connectivity index (χ4n) is 3.66. The summed E-state index contributed by atoms with van der Waals surface area (Å²) in [6.45, 7) is 2.53. The van der Waals surface area contributed by atoms with Crippen molar-refractivity contribution >= 4 is 27.5 Å². The highest BCUT2D eigenvalue weighted by Gasteiger charge is 2.17. The average molecular weight is 398 g/mol. The van der Waals surface area contributed by atoms with Crippen LogP contribution in [0.5, 0.6) is 0 Å². The zero-order valence-electron chi connectivity index (χ0n) is 15.7. The molecule has 2 N–H and O–H groups in total. The Bertz CT molecular complexity index is 932. The van der Waals surface area contributed by atoms with E-state index in [-0.39, 0.29) is 11.5 Å². The zero-order chi connectivity index (χ0) is 19.3. The van der Waals surface area contributed by atoms with E-state index in [2.05, 4.69) is 21.7 Å². The summed E-state index contributed by atoms with van der Waals surface area (Å²) in [5, 5.41) is 7.25. The maximum Gasteiger partial charge on any atom is 0.254 e. The Kier molecular flexibility index (Phi) is 5.98. The Labute approximate surface area is 168 Å². The van der Waals surface area contributed by atoms with Crippen LogP contribution in [0.1, 0.15) is 33.8 Å². The van der Waals surface area contributed by atoms with Crippen molar-refractivity contribution in [1.29, 1.82) is 0 Å². The highest BCUT2D eigenvalue weighted by Crippen LogP contribution is 2.22. The molecule has 2 heterocycles. The number of halogens is 1. The van der Waals surface area contributed by atoms with E-state index in [9.17, 15) is 9.18 Å². The summed E-state index contributed by atoms with van der Waals surface area (Å²) in [4.78, 5) is 17.0. The maximum absolute atomic E-state index is 14.1. The van der Waals surface area contributed by atoms with Crippen LogP contribution in [0.3, 0.4) is 0 Å². The van der Waals surface area contributed by atoms with Gasteiger partial charge in [-0.25, -0.2) is 9.37 Å². The Balaban J connectivity index is 1.30. The average Bonchev–Trinajstić information content (AvgIpc) is 3.35. The van der Waals surface area contributed by atoms with Gasteiger partial charge >= 0.3 is 0 Å². The number of rotatable bonds is 7. The molecular formula is C22H24FN3OS. The van der Waals surface area contributed by atoms with Crippen LogP contribution in [0, 0.1) is 11.7 Å². The number of aromatic nitrogens is 1. The smallest absolute Gasteiger partial charge is 0.254 e. The first kappa shape index (κ1) is 19.0. The van der Waals surface area contributed by atoms with Crippen molar-refractivity contribution in [1.82, 2.24) is 15.6 Å². The Morgan fingerprint density at radius 3 is 3.00 bits per heavy atom. The van der Waals surface area contributed by atoms with Crippen LogP contribution in [0.4, 0.5) is 4.39 Å². The number of hydrogen-bond donors (Lipinski definition) is 2. The van der Waals surface area contributed by atoms with Gasteiger partial charge in [-0.2, -0.15) is 0 Å². The van der Waals surface area contributed by atoms with E-state index < -0.39 is 5.82 Å². The van der Waals surface area contributed by atoms with Crippen LogP contribution < -0.4 is 10.6 Å². The van der Waals surface area contributed by atoms with E-state index >= 15 is 0 Å². The Morgan fingerprint density at radius 1 is 1.29 bits per heavy atom. The van der Waals surface area contributed by atoms with Gasteiger partial charge in [0, 0.05) is 13.0 Å². The topological polar surface area (TPSA) is 54.0 Å². The summed E-state index contributed by atoms with van der Waals surface area (Å²) in [6.07, 6.45) is 3.59. The second-order valence-corrected chi connectivity index (χ2v) is 8.43. The molecule has 0 aliphatic carbocycles. The van der Waals surface area contributed by atoms with Gasteiger partial charge in [-0.3, -0.25) is 4.79 Å². The van der Waals surface area contributed by atoms with Gasteiger partial charge in [0.2, 0.25) is 0 Å². The van der Waals surface area contributed by atoms with Crippen molar-refractivity contribution in [2.75, 3.05) is 19.6 Å². The number of aryl methyl sites for hydroxylation is 1. The first-order valence-electron chi connectivity index (χ1n) is 9.81. The van der Waals surface area contributed by atoms with Crippen LogP contribution in [0.15, 0.2) is 42.5 Å². The third-order valence-electron chi connectivity index (χ3n) is 5.15. The van der Waals surface area contributed by atoms with E-state index in [0.717, 1.165) is 54.9 Å². The molecule has 0 saturated carbocycles. The van der Waals surface area contributed by atoms with E-state index in [0.29, 0.717) is 12.5 Å². The number of thiazole rings is 1. The van der Waals surface area contributed by atoms with Crippen LogP contribution >= 0.6 is 11.3 Å². The summed E-state index contributed by atoms with van der Waals surface area (Å²) in [7, 11) is 0. The molecule has 0 bridgehead atoms. The molecule has 4 nitrogen and oxygen atoms in total. The van der Waals surface area contributed by atoms with Gasteiger partial charge in [-0.05, 0) is 68.1 Å². The maximum atomic E-state index is 14.1. The third-order valence-corrected chi connectivity index (χ3v) is 6.25. The van der Waals surface area contributed by atoms with Gasteiger partial charge < -0.3 is 10.6 Å². The molecule has 1 saturated heterocycles. The van der Waals surface area contributed by atoms with Crippen molar-refractivity contribution in [3.8, 4) is 0 Å². The van der Waals surface area contributed by atoms with Crippen molar-refractivity contribution in [3.63, 3.8) is 0 Å². The minimum atomic E-state index is -0.461. The molecule has 1 amide bonds. The first-order valence-corrected chi connectivity index (χ1v) is 10.6. The van der Waals surface area contributed by atoms with E-state index in [4.69, 9.17) is 0 Å². The molecular weight excluding hydrogens is 373 g/mol. The number of nitrogens with one attached hydrogen (secondary N) is 2. The fraction of sp³-hybridized carbons (Fsp3) is 0.364. The van der Waals surface area contributed by atoms with Gasteiger partial charge in [0.25, 0.3) is 5.91 Å². The van der Waals surface area contributed by atoms with Gasteiger partial charge in [-0.15, -0.1) is 11.3 Å². The first-order chi connectivity index (χ1) is 13.7. The number of para-hydroxylation sites is 1. The van der Waals surface area contributed by atoms with Crippen molar-refractivity contribution in [2.24, 2.45) is 5.92 Å². The molecule has 1 fully saturated rings. The number of benzene rings is 2. The lowest BCUT2D eigenvalue weighted by Crippen LogP contribution is -2.26. The minimum absolute atomic E-state index is 0.142. The summed E-state index contributed by atoms with van der Waals surface area (Å²) >= 11 is 1.68. The van der Waals surface area contributed by atoms with Crippen LogP contribution in [-0.2, 0) is 12.8 Å². The number of nitrogens with zero attached hydrogens (tertiary/aromatic N) is 1. The highest BCUT2D eigenvalue weighted by atomic mass is 32.1. The quantitative estimate of drug-likeness (QED) is 0.594. The van der Waals surface area contributed by atoms with Crippen molar-refractivity contribution in [2.45, 2.75) is 25.7 Å². The molecule has 1 aromatic heterocycles. The van der Waals surface area contributed by atoms with E-state index in [1.807, 2.05) is 18.2 Å². The molecule has 3 aromatic rings. The van der Waals surface area contributed by atoms with Crippen molar-refractivity contribution < 1.29 is 9.18 Å². The molecule has 1 aliphatic rings. The zero-order valence-corrected chi connectivity index (χ0v) is 16.5. The second kappa shape index (κ2) is 8.80. The monoisotopic (exact) mass is 397 g/mol. The lowest BCUT2D eigenvalue weighted by atomic mass is 9.97. The molecule has 28 heavy (non-hydrogen) atoms. The van der Waals surface area contributed by atoms with Crippen LogP contribution in [0.2, 0.25) is 0 Å². The molecule has 1 atom stereocenters. The van der Waals surface area contributed by atoms with Crippen molar-refractivity contribution in [3.05, 3.63) is 64.4 Å². The van der Waals surface area contributed by atoms with Gasteiger partial charge in [-0.1, -0.05) is 18.2 Å². The molecule has 1 unspecified atom stereocenters. The van der Waals surface area contributed by atoms with E-state index in [1.54, 1.807) is 23.5 Å². The Hall–Kier alpha value is -2.31. The SMILES string of the molecule is O=C(NCCCc1nc2ccccc2s1)c1cc(CC2CCNC2)ccc1F. The third kappa shape index (κ3) is 4.56. The molecule has 4 rings (SSSR count). The predicted molar refractivity (Wildman–Crippen MR) is 111 cm³/mol. The summed E-state index contributed by atoms with van der Waals surface area (Å²) in [5.41, 5.74) is 2.18. The molecule has 146 valence electrons. The highest BCUT2D eigenvalue weighted by molar-refractivity contribution is 7.18. The second-order valence-electron chi connectivity index (χ2n) is 7.31. The fourth-order valence-corrected chi connectivity index (χ4v) is 4.67. The number of hydrogen-bond acceptors (Lipinski definition) is 4. The molecule has 1 aliphatic heterocycles. The molecule has 0 spiro atoms. The van der Waals surface area contributed by atoms with Crippen LogP contribution in [0.25, 0.3) is 10.2 Å². The lowest BCUT2D eigenvalue weighted by molar-refractivity contribution is 0.0949. The molecule has 6 heteroatoms. The van der Waals surface area contributed by atoms with Gasteiger partial charge in [0.15, 0.2) is 0 Å². The largest absolute Gasteiger partial charge is 0.352 e. The number of fused-ring (bicyclic) bond motifs is 1. The lowest BCUT2D eigenvalue weighted by Gasteiger charge is -2.11. The van der Waals surface area contributed by atoms with Gasteiger partial charge in [0.1, 0.15) is 5.82 Å².